The van der Waals surface area contributed by atoms with Gasteiger partial charge >= 0.3 is 12.5 Å². The molecule has 1 N–H and O–H groups in total. The maximum absolute atomic E-state index is 13.6. The third-order valence-corrected chi connectivity index (χ3v) is 5.09. The van der Waals surface area contributed by atoms with Gasteiger partial charge in [-0.2, -0.15) is 23.3 Å². The van der Waals surface area contributed by atoms with Crippen LogP contribution in [0.15, 0.2) is 59.9 Å². The van der Waals surface area contributed by atoms with Crippen molar-refractivity contribution in [2.75, 3.05) is 11.9 Å². The van der Waals surface area contributed by atoms with Gasteiger partial charge in [0.05, 0.1) is 11.8 Å². The SMILES string of the molecule is C/C(=C\C=C\OC(F)(F)F)n1c(=O)c(-c2ccc3nn(C)cc3c2)cc2cnc(NCC(F)(F)F)nc21. The van der Waals surface area contributed by atoms with E-state index in [4.69, 9.17) is 0 Å². The molecule has 0 bridgehead atoms. The highest BCUT2D eigenvalue weighted by atomic mass is 19.4. The van der Waals surface area contributed by atoms with Gasteiger partial charge in [0.25, 0.3) is 5.56 Å². The lowest BCUT2D eigenvalue weighted by atomic mass is 10.0. The zero-order chi connectivity index (χ0) is 27.0. The summed E-state index contributed by atoms with van der Waals surface area (Å²) in [6.07, 6.45) is -3.92. The number of fused-ring (bicyclic) bond motifs is 2. The van der Waals surface area contributed by atoms with Crippen molar-refractivity contribution >= 4 is 33.6 Å². The molecule has 4 aromatic rings. The van der Waals surface area contributed by atoms with Crippen LogP contribution in [-0.2, 0) is 11.8 Å². The van der Waals surface area contributed by atoms with E-state index in [9.17, 15) is 31.1 Å². The number of rotatable bonds is 6. The first-order valence-corrected chi connectivity index (χ1v) is 10.6. The quantitative estimate of drug-likeness (QED) is 0.211. The van der Waals surface area contributed by atoms with Crippen LogP contribution in [0.4, 0.5) is 32.3 Å². The summed E-state index contributed by atoms with van der Waals surface area (Å²) in [5, 5.41) is 7.40. The second kappa shape index (κ2) is 9.59. The Hall–Kier alpha value is -4.36. The Balaban J connectivity index is 1.87. The number of hydrogen-bond acceptors (Lipinski definition) is 6. The first kappa shape index (κ1) is 25.7. The fourth-order valence-corrected chi connectivity index (χ4v) is 3.58. The molecule has 14 heteroatoms. The number of benzene rings is 1. The fraction of sp³-hybridized carbons (Fsp3) is 0.217. The van der Waals surface area contributed by atoms with Crippen molar-refractivity contribution in [3.8, 4) is 11.1 Å². The molecule has 0 saturated heterocycles. The van der Waals surface area contributed by atoms with Crippen LogP contribution in [0, 0.1) is 0 Å². The number of anilines is 1. The molecule has 0 amide bonds. The molecule has 8 nitrogen and oxygen atoms in total. The normalized spacial score (nSPS) is 13.1. The summed E-state index contributed by atoms with van der Waals surface area (Å²) in [5.74, 6) is -0.383. The third-order valence-electron chi connectivity index (χ3n) is 5.09. The Morgan fingerprint density at radius 3 is 2.59 bits per heavy atom. The molecule has 0 aliphatic carbocycles. The summed E-state index contributed by atoms with van der Waals surface area (Å²) < 4.78 is 81.0. The van der Waals surface area contributed by atoms with E-state index < -0.39 is 24.6 Å². The van der Waals surface area contributed by atoms with Crippen LogP contribution in [0.25, 0.3) is 38.8 Å². The first-order chi connectivity index (χ1) is 17.3. The van der Waals surface area contributed by atoms with Gasteiger partial charge in [0.15, 0.2) is 5.65 Å². The topological polar surface area (TPSA) is 86.9 Å². The van der Waals surface area contributed by atoms with Crippen molar-refractivity contribution in [1.29, 1.82) is 0 Å². The molecular formula is C23H18F6N6O2. The minimum Gasteiger partial charge on any atom is -0.414 e. The summed E-state index contributed by atoms with van der Waals surface area (Å²) in [6, 6.07) is 6.64. The maximum atomic E-state index is 13.6. The number of aromatic nitrogens is 5. The van der Waals surface area contributed by atoms with Crippen LogP contribution in [0.3, 0.4) is 0 Å². The summed E-state index contributed by atoms with van der Waals surface area (Å²) in [4.78, 5) is 21.6. The van der Waals surface area contributed by atoms with Gasteiger partial charge in [0.2, 0.25) is 5.95 Å². The monoisotopic (exact) mass is 524 g/mol. The molecule has 0 radical (unpaired) electrons. The van der Waals surface area contributed by atoms with Gasteiger partial charge in [-0.1, -0.05) is 6.07 Å². The Morgan fingerprint density at radius 1 is 1.14 bits per heavy atom. The van der Waals surface area contributed by atoms with Gasteiger partial charge in [0.1, 0.15) is 6.54 Å². The summed E-state index contributed by atoms with van der Waals surface area (Å²) >= 11 is 0. The molecule has 37 heavy (non-hydrogen) atoms. The standard InChI is InChI=1S/C23H18F6N6O2/c1-13(4-3-7-37-23(27,28)29)35-19-15(10-30-21(32-19)31-12-22(24,25)26)9-17(20(35)36)14-5-6-18-16(8-14)11-34(2)33-18/h3-11H,12H2,1-2H3,(H,30,31,32)/b7-3+,13-4+. The minimum absolute atomic E-state index is 0.0465. The molecule has 4 rings (SSSR count). The highest BCUT2D eigenvalue weighted by Crippen LogP contribution is 2.26. The van der Waals surface area contributed by atoms with E-state index in [-0.39, 0.29) is 22.9 Å². The zero-order valence-corrected chi connectivity index (χ0v) is 19.2. The van der Waals surface area contributed by atoms with E-state index in [1.54, 1.807) is 36.1 Å². The lowest BCUT2D eigenvalue weighted by Gasteiger charge is -2.14. The van der Waals surface area contributed by atoms with E-state index in [1.165, 1.54) is 25.3 Å². The van der Waals surface area contributed by atoms with Crippen molar-refractivity contribution in [1.82, 2.24) is 24.3 Å². The second-order valence-corrected chi connectivity index (χ2v) is 7.92. The van der Waals surface area contributed by atoms with Crippen molar-refractivity contribution in [2.45, 2.75) is 19.5 Å². The molecule has 0 fully saturated rings. The summed E-state index contributed by atoms with van der Waals surface area (Å²) in [6.45, 7) is 0.0239. The zero-order valence-electron chi connectivity index (χ0n) is 19.2. The fourth-order valence-electron chi connectivity index (χ4n) is 3.58. The maximum Gasteiger partial charge on any atom is 0.572 e. The number of halogens is 6. The molecule has 194 valence electrons. The molecule has 0 aliphatic rings. The van der Waals surface area contributed by atoms with Crippen molar-refractivity contribution in [3.63, 3.8) is 0 Å². The number of ether oxygens (including phenoxy) is 1. The Kier molecular flexibility index (Phi) is 6.67. The van der Waals surface area contributed by atoms with E-state index >= 15 is 0 Å². The average molecular weight is 524 g/mol. The summed E-state index contributed by atoms with van der Waals surface area (Å²) in [5.41, 5.74) is 0.902. The number of nitrogens with one attached hydrogen (secondary N) is 1. The van der Waals surface area contributed by atoms with Gasteiger partial charge in [-0.25, -0.2) is 4.98 Å². The van der Waals surface area contributed by atoms with E-state index in [2.05, 4.69) is 19.8 Å². The number of nitrogens with zero attached hydrogens (tertiary/aromatic N) is 5. The number of alkyl halides is 6. The molecule has 0 atom stereocenters. The highest BCUT2D eigenvalue weighted by Gasteiger charge is 2.29. The van der Waals surface area contributed by atoms with Crippen LogP contribution in [0.1, 0.15) is 6.92 Å². The Labute approximate surface area is 204 Å². The highest BCUT2D eigenvalue weighted by molar-refractivity contribution is 5.88. The predicted molar refractivity (Wildman–Crippen MR) is 124 cm³/mol. The molecule has 0 spiro atoms. The van der Waals surface area contributed by atoms with E-state index in [0.717, 1.165) is 16.0 Å². The van der Waals surface area contributed by atoms with Gasteiger partial charge < -0.3 is 10.1 Å². The minimum atomic E-state index is -4.89. The number of aryl methyl sites for hydroxylation is 1. The van der Waals surface area contributed by atoms with Crippen LogP contribution in [0.2, 0.25) is 0 Å². The van der Waals surface area contributed by atoms with Crippen LogP contribution >= 0.6 is 0 Å². The molecular weight excluding hydrogens is 506 g/mol. The van der Waals surface area contributed by atoms with Gasteiger partial charge in [-0.05, 0) is 42.8 Å². The smallest absolute Gasteiger partial charge is 0.414 e. The van der Waals surface area contributed by atoms with Gasteiger partial charge in [-0.3, -0.25) is 14.0 Å². The molecule has 3 heterocycles. The van der Waals surface area contributed by atoms with Crippen molar-refractivity contribution in [3.05, 3.63) is 65.4 Å². The lowest BCUT2D eigenvalue weighted by Crippen LogP contribution is -2.24. The van der Waals surface area contributed by atoms with Crippen LogP contribution < -0.4 is 10.9 Å². The molecule has 0 unspecified atom stereocenters. The number of hydrogen-bond donors (Lipinski definition) is 1. The molecule has 0 saturated carbocycles. The first-order valence-electron chi connectivity index (χ1n) is 10.6. The lowest BCUT2D eigenvalue weighted by molar-refractivity contribution is -0.298. The number of allylic oxidation sites excluding steroid dienone is 3. The van der Waals surface area contributed by atoms with Gasteiger partial charge in [0, 0.05) is 41.5 Å². The molecule has 0 aliphatic heterocycles. The largest absolute Gasteiger partial charge is 0.572 e. The molecule has 3 aromatic heterocycles. The molecule has 1 aromatic carbocycles. The Bertz CT molecular complexity index is 1580. The second-order valence-electron chi connectivity index (χ2n) is 7.92. The van der Waals surface area contributed by atoms with Crippen molar-refractivity contribution in [2.24, 2.45) is 7.05 Å². The average Bonchev–Trinajstić information content (AvgIpc) is 3.18. The third kappa shape index (κ3) is 6.08. The van der Waals surface area contributed by atoms with Crippen molar-refractivity contribution < 1.29 is 31.1 Å². The van der Waals surface area contributed by atoms with E-state index in [1.807, 2.05) is 5.32 Å². The van der Waals surface area contributed by atoms with Crippen LogP contribution in [0.5, 0.6) is 0 Å². The van der Waals surface area contributed by atoms with E-state index in [0.29, 0.717) is 22.7 Å². The van der Waals surface area contributed by atoms with Crippen LogP contribution in [-0.4, -0.2) is 43.4 Å². The van der Waals surface area contributed by atoms with Gasteiger partial charge in [-0.15, -0.1) is 13.2 Å². The number of pyridine rings is 1. The Morgan fingerprint density at radius 2 is 1.89 bits per heavy atom. The predicted octanol–water partition coefficient (Wildman–Crippen LogP) is 5.23. The summed E-state index contributed by atoms with van der Waals surface area (Å²) in [7, 11) is 1.74.